The molecule has 4 nitrogen and oxygen atoms in total. The molecule has 1 aromatic carbocycles. The molecule has 16 heavy (non-hydrogen) atoms. The number of hydrogen-bond donors (Lipinski definition) is 0. The summed E-state index contributed by atoms with van der Waals surface area (Å²) in [4.78, 5) is 23.6. The highest BCUT2D eigenvalue weighted by Gasteiger charge is 2.18. The van der Waals surface area contributed by atoms with Crippen LogP contribution in [0.2, 0.25) is 0 Å². The molecule has 0 radical (unpaired) electrons. The summed E-state index contributed by atoms with van der Waals surface area (Å²) in [6, 6.07) is 7.40. The van der Waals surface area contributed by atoms with Crippen LogP contribution in [0.25, 0.3) is 0 Å². The van der Waals surface area contributed by atoms with Crippen molar-refractivity contribution in [3.05, 3.63) is 34.3 Å². The predicted molar refractivity (Wildman–Crippen MR) is 62.8 cm³/mol. The third-order valence-corrected chi connectivity index (χ3v) is 2.50. The fraction of sp³-hybridized carbons (Fsp3) is 0.273. The van der Waals surface area contributed by atoms with E-state index in [0.717, 1.165) is 14.9 Å². The van der Waals surface area contributed by atoms with Crippen LogP contribution in [0.15, 0.2) is 28.7 Å². The lowest BCUT2D eigenvalue weighted by atomic mass is 10.2. The third kappa shape index (κ3) is 3.34. The van der Waals surface area contributed by atoms with Gasteiger partial charge in [-0.3, -0.25) is 4.79 Å². The van der Waals surface area contributed by atoms with Gasteiger partial charge >= 0.3 is 6.09 Å². The molecule has 0 fully saturated rings. The van der Waals surface area contributed by atoms with E-state index in [4.69, 9.17) is 0 Å². The maximum absolute atomic E-state index is 11.3. The lowest BCUT2D eigenvalue weighted by Gasteiger charge is -2.17. The molecule has 0 unspecified atom stereocenters. The van der Waals surface area contributed by atoms with E-state index in [-0.39, 0.29) is 12.5 Å². The zero-order valence-corrected chi connectivity index (χ0v) is 10.7. The Morgan fingerprint density at radius 2 is 2.12 bits per heavy atom. The molecule has 0 N–H and O–H groups in total. The van der Waals surface area contributed by atoms with E-state index in [1.807, 2.05) is 24.3 Å². The molecule has 1 rings (SSSR count). The van der Waals surface area contributed by atoms with Gasteiger partial charge in [0.25, 0.3) is 0 Å². The van der Waals surface area contributed by atoms with Gasteiger partial charge in [0.2, 0.25) is 5.91 Å². The van der Waals surface area contributed by atoms with Crippen LogP contribution < -0.4 is 0 Å². The number of carbonyl (C=O) groups is 2. The van der Waals surface area contributed by atoms with Crippen molar-refractivity contribution in [2.75, 3.05) is 7.11 Å². The van der Waals surface area contributed by atoms with Gasteiger partial charge in [-0.25, -0.2) is 9.69 Å². The molecule has 0 saturated heterocycles. The number of benzene rings is 1. The first-order valence-electron chi connectivity index (χ1n) is 4.65. The number of methoxy groups -OCH3 is 1. The second kappa shape index (κ2) is 5.65. The number of ether oxygens (including phenoxy) is 1. The molecular weight excluding hydrogens is 274 g/mol. The van der Waals surface area contributed by atoms with Gasteiger partial charge in [0.1, 0.15) is 0 Å². The first-order chi connectivity index (χ1) is 7.54. The molecule has 86 valence electrons. The van der Waals surface area contributed by atoms with E-state index in [1.54, 1.807) is 0 Å². The molecule has 2 amide bonds. The summed E-state index contributed by atoms with van der Waals surface area (Å²) in [5.74, 6) is -0.341. The standard InChI is InChI=1S/C11H12BrNO3/c1-8(14)13(11(15)16-2)7-9-4-3-5-10(12)6-9/h3-6H,7H2,1-2H3. The highest BCUT2D eigenvalue weighted by atomic mass is 79.9. The Balaban J connectivity index is 2.84. The molecule has 0 saturated carbocycles. The molecule has 0 aliphatic rings. The Morgan fingerprint density at radius 3 is 2.62 bits per heavy atom. The summed E-state index contributed by atoms with van der Waals surface area (Å²) in [6.45, 7) is 1.54. The number of halogens is 1. The molecule has 0 bridgehead atoms. The van der Waals surface area contributed by atoms with E-state index in [1.165, 1.54) is 14.0 Å². The summed E-state index contributed by atoms with van der Waals surface area (Å²) >= 11 is 3.32. The molecule has 0 atom stereocenters. The van der Waals surface area contributed by atoms with E-state index in [0.29, 0.717) is 0 Å². The average molecular weight is 286 g/mol. The maximum atomic E-state index is 11.3. The summed E-state index contributed by atoms with van der Waals surface area (Å²) < 4.78 is 5.43. The fourth-order valence-electron chi connectivity index (χ4n) is 1.23. The van der Waals surface area contributed by atoms with Gasteiger partial charge in [-0.1, -0.05) is 28.1 Å². The largest absolute Gasteiger partial charge is 0.452 e. The topological polar surface area (TPSA) is 46.6 Å². The second-order valence-electron chi connectivity index (χ2n) is 3.21. The first-order valence-corrected chi connectivity index (χ1v) is 5.44. The Labute approximate surface area is 102 Å². The van der Waals surface area contributed by atoms with E-state index in [2.05, 4.69) is 20.7 Å². The molecule has 0 spiro atoms. The maximum Gasteiger partial charge on any atom is 0.416 e. The van der Waals surface area contributed by atoms with Gasteiger partial charge in [0.15, 0.2) is 0 Å². The van der Waals surface area contributed by atoms with E-state index < -0.39 is 6.09 Å². The van der Waals surface area contributed by atoms with Gasteiger partial charge in [-0.05, 0) is 17.7 Å². The minimum Gasteiger partial charge on any atom is -0.452 e. The van der Waals surface area contributed by atoms with E-state index in [9.17, 15) is 9.59 Å². The lowest BCUT2D eigenvalue weighted by Crippen LogP contribution is -2.34. The van der Waals surface area contributed by atoms with Crippen molar-refractivity contribution < 1.29 is 14.3 Å². The first kappa shape index (κ1) is 12.7. The van der Waals surface area contributed by atoms with Crippen molar-refractivity contribution in [1.29, 1.82) is 0 Å². The van der Waals surface area contributed by atoms with Crippen molar-refractivity contribution in [3.63, 3.8) is 0 Å². The quantitative estimate of drug-likeness (QED) is 0.839. The molecule has 1 aromatic rings. The summed E-state index contributed by atoms with van der Waals surface area (Å²) in [7, 11) is 1.25. The summed E-state index contributed by atoms with van der Waals surface area (Å²) in [5.41, 5.74) is 0.856. The smallest absolute Gasteiger partial charge is 0.416 e. The number of nitrogens with zero attached hydrogens (tertiary/aromatic N) is 1. The third-order valence-electron chi connectivity index (χ3n) is 2.00. The molecule has 0 aromatic heterocycles. The minimum atomic E-state index is -0.646. The molecule has 0 heterocycles. The number of rotatable bonds is 2. The Morgan fingerprint density at radius 1 is 1.44 bits per heavy atom. The average Bonchev–Trinajstić information content (AvgIpc) is 2.24. The summed E-state index contributed by atoms with van der Waals surface area (Å²) in [6.07, 6.45) is -0.646. The zero-order valence-electron chi connectivity index (χ0n) is 9.07. The highest BCUT2D eigenvalue weighted by Crippen LogP contribution is 2.14. The number of hydrogen-bond acceptors (Lipinski definition) is 3. The van der Waals surface area contributed by atoms with Crippen LogP contribution in [0.4, 0.5) is 4.79 Å². The van der Waals surface area contributed by atoms with Crippen LogP contribution >= 0.6 is 15.9 Å². The number of amides is 2. The normalized spacial score (nSPS) is 9.69. The van der Waals surface area contributed by atoms with Crippen LogP contribution in [-0.2, 0) is 16.1 Å². The van der Waals surface area contributed by atoms with Crippen molar-refractivity contribution in [3.8, 4) is 0 Å². The predicted octanol–water partition coefficient (Wildman–Crippen LogP) is 2.56. The van der Waals surface area contributed by atoms with E-state index >= 15 is 0 Å². The Bertz CT molecular complexity index is 406. The molecule has 0 aliphatic heterocycles. The van der Waals surface area contributed by atoms with Crippen molar-refractivity contribution in [2.24, 2.45) is 0 Å². The van der Waals surface area contributed by atoms with Gasteiger partial charge in [-0.15, -0.1) is 0 Å². The molecule has 0 aliphatic carbocycles. The number of carbonyl (C=O) groups excluding carboxylic acids is 2. The monoisotopic (exact) mass is 285 g/mol. The Kier molecular flexibility index (Phi) is 4.49. The van der Waals surface area contributed by atoms with Gasteiger partial charge in [0, 0.05) is 11.4 Å². The second-order valence-corrected chi connectivity index (χ2v) is 4.12. The SMILES string of the molecule is COC(=O)N(Cc1cccc(Br)c1)C(C)=O. The van der Waals surface area contributed by atoms with Crippen LogP contribution in [0.3, 0.4) is 0 Å². The van der Waals surface area contributed by atoms with Crippen LogP contribution in [0.1, 0.15) is 12.5 Å². The lowest BCUT2D eigenvalue weighted by molar-refractivity contribution is -0.127. The minimum absolute atomic E-state index is 0.210. The highest BCUT2D eigenvalue weighted by molar-refractivity contribution is 9.10. The van der Waals surface area contributed by atoms with Crippen molar-refractivity contribution in [1.82, 2.24) is 4.90 Å². The van der Waals surface area contributed by atoms with Gasteiger partial charge in [0.05, 0.1) is 13.7 Å². The van der Waals surface area contributed by atoms with Gasteiger partial charge < -0.3 is 4.74 Å². The van der Waals surface area contributed by atoms with Crippen molar-refractivity contribution in [2.45, 2.75) is 13.5 Å². The zero-order chi connectivity index (χ0) is 12.1. The molecular formula is C11H12BrNO3. The fourth-order valence-corrected chi connectivity index (χ4v) is 1.68. The summed E-state index contributed by atoms with van der Waals surface area (Å²) in [5, 5.41) is 0. The molecule has 5 heteroatoms. The van der Waals surface area contributed by atoms with Crippen LogP contribution in [-0.4, -0.2) is 24.0 Å². The van der Waals surface area contributed by atoms with Crippen molar-refractivity contribution >= 4 is 27.9 Å². The van der Waals surface area contributed by atoms with Gasteiger partial charge in [-0.2, -0.15) is 0 Å². The number of imide groups is 1. The Hall–Kier alpha value is -1.36. The van der Waals surface area contributed by atoms with Crippen LogP contribution in [0, 0.1) is 0 Å². The van der Waals surface area contributed by atoms with Crippen LogP contribution in [0.5, 0.6) is 0 Å².